The molecule has 2 rings (SSSR count). The fourth-order valence-corrected chi connectivity index (χ4v) is 3.51. The number of hydrogen-bond donors (Lipinski definition) is 1. The lowest BCUT2D eigenvalue weighted by Gasteiger charge is -2.35. The number of piperazine rings is 1. The van der Waals surface area contributed by atoms with Crippen LogP contribution in [0.1, 0.15) is 13.8 Å². The van der Waals surface area contributed by atoms with Crippen molar-refractivity contribution >= 4 is 17.6 Å². The van der Waals surface area contributed by atoms with Crippen molar-refractivity contribution in [1.82, 2.24) is 20.0 Å². The number of nitrogens with zero attached hydrogens (tertiary/aromatic N) is 4. The average Bonchev–Trinajstić information content (AvgIpc) is 2.70. The van der Waals surface area contributed by atoms with Crippen molar-refractivity contribution in [2.75, 3.05) is 73.1 Å². The second kappa shape index (κ2) is 12.1. The van der Waals surface area contributed by atoms with E-state index in [9.17, 15) is 0 Å². The molecule has 7 heteroatoms. The maximum Gasteiger partial charge on any atom is 0.193 e. The van der Waals surface area contributed by atoms with E-state index in [-0.39, 0.29) is 0 Å². The Labute approximate surface area is 175 Å². The first kappa shape index (κ1) is 22.8. The number of rotatable bonds is 9. The molecule has 1 unspecified atom stereocenters. The predicted molar refractivity (Wildman–Crippen MR) is 119 cm³/mol. The summed E-state index contributed by atoms with van der Waals surface area (Å²) in [5.41, 5.74) is 0. The van der Waals surface area contributed by atoms with E-state index in [1.54, 1.807) is 0 Å². The molecule has 0 aliphatic carbocycles. The molecular formula is C21H36ClN5O. The Kier molecular flexibility index (Phi) is 9.88. The first-order valence-electron chi connectivity index (χ1n) is 10.3. The van der Waals surface area contributed by atoms with Crippen molar-refractivity contribution in [3.63, 3.8) is 0 Å². The molecule has 0 radical (unpaired) electrons. The third-order valence-corrected chi connectivity index (χ3v) is 5.43. The molecule has 1 N–H and O–H groups in total. The first-order chi connectivity index (χ1) is 13.5. The van der Waals surface area contributed by atoms with Gasteiger partial charge in [-0.1, -0.05) is 25.4 Å². The van der Waals surface area contributed by atoms with Gasteiger partial charge in [-0.25, -0.2) is 0 Å². The SMILES string of the molecule is CCN1CCN(CC(C)CNC(=NC)N(C)CCOc2ccc(Cl)cc2)CC1. The van der Waals surface area contributed by atoms with Crippen LogP contribution in [0.2, 0.25) is 5.02 Å². The second-order valence-electron chi connectivity index (χ2n) is 7.49. The fraction of sp³-hybridized carbons (Fsp3) is 0.667. The van der Waals surface area contributed by atoms with Crippen LogP contribution in [0, 0.1) is 5.92 Å². The monoisotopic (exact) mass is 409 g/mol. The minimum Gasteiger partial charge on any atom is -0.492 e. The Morgan fingerprint density at radius 2 is 1.86 bits per heavy atom. The molecule has 1 fully saturated rings. The van der Waals surface area contributed by atoms with Crippen LogP contribution in [0.4, 0.5) is 0 Å². The smallest absolute Gasteiger partial charge is 0.193 e. The summed E-state index contributed by atoms with van der Waals surface area (Å²) in [6.45, 7) is 13.8. The Bertz CT molecular complexity index is 587. The third kappa shape index (κ3) is 7.86. The summed E-state index contributed by atoms with van der Waals surface area (Å²) in [5.74, 6) is 2.31. The van der Waals surface area contributed by atoms with Crippen molar-refractivity contribution in [3.05, 3.63) is 29.3 Å². The molecule has 0 saturated carbocycles. The van der Waals surface area contributed by atoms with Gasteiger partial charge in [0, 0.05) is 58.4 Å². The number of benzene rings is 1. The van der Waals surface area contributed by atoms with E-state index in [4.69, 9.17) is 16.3 Å². The molecule has 28 heavy (non-hydrogen) atoms. The van der Waals surface area contributed by atoms with Crippen LogP contribution in [0.15, 0.2) is 29.3 Å². The van der Waals surface area contributed by atoms with Crippen LogP contribution >= 0.6 is 11.6 Å². The minimum atomic E-state index is 0.573. The summed E-state index contributed by atoms with van der Waals surface area (Å²) in [6.07, 6.45) is 0. The predicted octanol–water partition coefficient (Wildman–Crippen LogP) is 2.50. The molecule has 1 aliphatic heterocycles. The van der Waals surface area contributed by atoms with Crippen molar-refractivity contribution in [1.29, 1.82) is 0 Å². The zero-order valence-electron chi connectivity index (χ0n) is 17.8. The molecule has 0 spiro atoms. The maximum absolute atomic E-state index is 5.90. The summed E-state index contributed by atoms with van der Waals surface area (Å²) >= 11 is 5.90. The lowest BCUT2D eigenvalue weighted by atomic mass is 10.1. The van der Waals surface area contributed by atoms with E-state index in [2.05, 4.69) is 38.9 Å². The third-order valence-electron chi connectivity index (χ3n) is 5.17. The van der Waals surface area contributed by atoms with Crippen LogP contribution < -0.4 is 10.1 Å². The van der Waals surface area contributed by atoms with E-state index in [1.807, 2.05) is 38.4 Å². The van der Waals surface area contributed by atoms with Crippen LogP contribution in [0.5, 0.6) is 5.75 Å². The largest absolute Gasteiger partial charge is 0.492 e. The van der Waals surface area contributed by atoms with E-state index in [0.29, 0.717) is 12.5 Å². The summed E-state index contributed by atoms with van der Waals surface area (Å²) in [4.78, 5) is 11.6. The van der Waals surface area contributed by atoms with Crippen LogP contribution in [0.3, 0.4) is 0 Å². The highest BCUT2D eigenvalue weighted by atomic mass is 35.5. The van der Waals surface area contributed by atoms with Crippen LogP contribution in [-0.2, 0) is 0 Å². The van der Waals surface area contributed by atoms with Gasteiger partial charge in [0.25, 0.3) is 0 Å². The quantitative estimate of drug-likeness (QED) is 0.501. The van der Waals surface area contributed by atoms with Crippen LogP contribution in [-0.4, -0.2) is 93.7 Å². The molecule has 1 aromatic rings. The lowest BCUT2D eigenvalue weighted by molar-refractivity contribution is 0.124. The van der Waals surface area contributed by atoms with Gasteiger partial charge < -0.3 is 24.8 Å². The Balaban J connectivity index is 1.65. The van der Waals surface area contributed by atoms with Gasteiger partial charge in [-0.15, -0.1) is 0 Å². The molecule has 1 aromatic carbocycles. The molecular weight excluding hydrogens is 374 g/mol. The zero-order chi connectivity index (χ0) is 20.4. The number of halogens is 1. The van der Waals surface area contributed by atoms with E-state index in [1.165, 1.54) is 26.2 Å². The second-order valence-corrected chi connectivity index (χ2v) is 7.93. The number of hydrogen-bond acceptors (Lipinski definition) is 4. The van der Waals surface area contributed by atoms with Gasteiger partial charge in [0.15, 0.2) is 5.96 Å². The van der Waals surface area contributed by atoms with Gasteiger partial charge in [-0.05, 0) is 36.7 Å². The van der Waals surface area contributed by atoms with Gasteiger partial charge in [0.05, 0.1) is 6.54 Å². The van der Waals surface area contributed by atoms with E-state index >= 15 is 0 Å². The Morgan fingerprint density at radius 3 is 2.46 bits per heavy atom. The minimum absolute atomic E-state index is 0.573. The van der Waals surface area contributed by atoms with Crippen molar-refractivity contribution in [2.45, 2.75) is 13.8 Å². The van der Waals surface area contributed by atoms with Crippen molar-refractivity contribution in [2.24, 2.45) is 10.9 Å². The highest BCUT2D eigenvalue weighted by Crippen LogP contribution is 2.15. The van der Waals surface area contributed by atoms with Crippen molar-refractivity contribution < 1.29 is 4.74 Å². The molecule has 1 atom stereocenters. The summed E-state index contributed by atoms with van der Waals surface area (Å²) in [7, 11) is 3.86. The number of ether oxygens (including phenoxy) is 1. The molecule has 1 heterocycles. The lowest BCUT2D eigenvalue weighted by Crippen LogP contribution is -2.49. The van der Waals surface area contributed by atoms with Crippen LogP contribution in [0.25, 0.3) is 0 Å². The standard InChI is InChI=1S/C21H36ClN5O/c1-5-26-10-12-27(13-11-26)17-18(2)16-24-21(23-3)25(4)14-15-28-20-8-6-19(22)7-9-20/h6-9,18H,5,10-17H2,1-4H3,(H,23,24). The highest BCUT2D eigenvalue weighted by Gasteiger charge is 2.17. The summed E-state index contributed by atoms with van der Waals surface area (Å²) < 4.78 is 5.78. The fourth-order valence-electron chi connectivity index (χ4n) is 3.38. The van der Waals surface area contributed by atoms with Gasteiger partial charge in [0.1, 0.15) is 12.4 Å². The maximum atomic E-state index is 5.90. The van der Waals surface area contributed by atoms with Gasteiger partial charge in [-0.2, -0.15) is 0 Å². The number of aliphatic imine (C=N–C) groups is 1. The van der Waals surface area contributed by atoms with Gasteiger partial charge in [0.2, 0.25) is 0 Å². The summed E-state index contributed by atoms with van der Waals surface area (Å²) in [6, 6.07) is 7.45. The summed E-state index contributed by atoms with van der Waals surface area (Å²) in [5, 5.41) is 4.22. The number of likely N-dealkylation sites (N-methyl/N-ethyl adjacent to an activating group) is 2. The average molecular weight is 410 g/mol. The normalized spacial score (nSPS) is 17.4. The van der Waals surface area contributed by atoms with Crippen molar-refractivity contribution in [3.8, 4) is 5.75 Å². The number of guanidine groups is 1. The Morgan fingerprint density at radius 1 is 1.21 bits per heavy atom. The van der Waals surface area contributed by atoms with E-state index < -0.39 is 0 Å². The molecule has 1 saturated heterocycles. The topological polar surface area (TPSA) is 43.3 Å². The van der Waals surface area contributed by atoms with Gasteiger partial charge in [-0.3, -0.25) is 4.99 Å². The first-order valence-corrected chi connectivity index (χ1v) is 10.6. The number of nitrogens with one attached hydrogen (secondary N) is 1. The molecule has 6 nitrogen and oxygen atoms in total. The molecule has 1 aliphatic rings. The molecule has 0 amide bonds. The molecule has 0 aromatic heterocycles. The molecule has 158 valence electrons. The Hall–Kier alpha value is -1.50. The molecule has 0 bridgehead atoms. The van der Waals surface area contributed by atoms with Gasteiger partial charge >= 0.3 is 0 Å². The van der Waals surface area contributed by atoms with E-state index in [0.717, 1.165) is 42.9 Å². The highest BCUT2D eigenvalue weighted by molar-refractivity contribution is 6.30. The zero-order valence-corrected chi connectivity index (χ0v) is 18.6.